The Labute approximate surface area is 103 Å². The molecule has 1 saturated carbocycles. The summed E-state index contributed by atoms with van der Waals surface area (Å²) >= 11 is 3.21. The molecule has 0 bridgehead atoms. The van der Waals surface area contributed by atoms with Crippen molar-refractivity contribution in [3.63, 3.8) is 0 Å². The van der Waals surface area contributed by atoms with Gasteiger partial charge in [0.25, 0.3) is 0 Å². The summed E-state index contributed by atoms with van der Waals surface area (Å²) in [5.41, 5.74) is 6.86. The summed E-state index contributed by atoms with van der Waals surface area (Å²) in [5.74, 6) is 0.304. The lowest BCUT2D eigenvalue weighted by Crippen LogP contribution is -2.41. The highest BCUT2D eigenvalue weighted by Gasteiger charge is 2.39. The van der Waals surface area contributed by atoms with E-state index in [0.717, 1.165) is 18.4 Å². The van der Waals surface area contributed by atoms with Crippen molar-refractivity contribution >= 4 is 15.9 Å². The number of benzene rings is 1. The topological polar surface area (TPSA) is 35.2 Å². The molecule has 1 fully saturated rings. The first-order valence-electron chi connectivity index (χ1n) is 5.36. The minimum atomic E-state index is -0.299. The van der Waals surface area contributed by atoms with E-state index in [9.17, 15) is 4.39 Å². The molecule has 0 spiro atoms. The van der Waals surface area contributed by atoms with Gasteiger partial charge in [-0.2, -0.15) is 0 Å². The zero-order valence-electron chi connectivity index (χ0n) is 9.22. The van der Waals surface area contributed by atoms with Gasteiger partial charge in [-0.25, -0.2) is 4.39 Å². The second-order valence-corrected chi connectivity index (χ2v) is 5.16. The maximum atomic E-state index is 13.4. The second-order valence-electron chi connectivity index (χ2n) is 4.30. The van der Waals surface area contributed by atoms with Crippen molar-refractivity contribution in [2.24, 2.45) is 5.73 Å². The molecule has 4 heteroatoms. The van der Waals surface area contributed by atoms with Crippen LogP contribution in [0.5, 0.6) is 5.75 Å². The lowest BCUT2D eigenvalue weighted by Gasteiger charge is -2.42. The molecule has 2 nitrogen and oxygen atoms in total. The first kappa shape index (κ1) is 11.9. The van der Waals surface area contributed by atoms with Crippen LogP contribution in [0.2, 0.25) is 0 Å². The summed E-state index contributed by atoms with van der Waals surface area (Å²) in [6.45, 7) is 0.585. The van der Waals surface area contributed by atoms with Crippen LogP contribution in [0.1, 0.15) is 24.8 Å². The van der Waals surface area contributed by atoms with Gasteiger partial charge in [0.15, 0.2) is 0 Å². The van der Waals surface area contributed by atoms with Gasteiger partial charge in [-0.3, -0.25) is 0 Å². The van der Waals surface area contributed by atoms with Crippen LogP contribution in [0.15, 0.2) is 16.6 Å². The van der Waals surface area contributed by atoms with E-state index in [1.54, 1.807) is 13.2 Å². The normalized spacial score (nSPS) is 18.0. The lowest BCUT2D eigenvalue weighted by atomic mass is 9.64. The average Bonchev–Trinajstić information content (AvgIpc) is 2.22. The molecule has 0 saturated heterocycles. The molecule has 16 heavy (non-hydrogen) atoms. The lowest BCUT2D eigenvalue weighted by molar-refractivity contribution is 0.243. The van der Waals surface area contributed by atoms with Crippen molar-refractivity contribution in [3.05, 3.63) is 28.0 Å². The summed E-state index contributed by atoms with van der Waals surface area (Å²) in [5, 5.41) is 0. The Bertz CT molecular complexity index is 399. The molecular formula is C12H15BrFNO. The standard InChI is InChI=1S/C12H15BrFNO/c1-16-11-6-10(14)9(13)5-8(11)12(7-15)3-2-4-12/h5-6H,2-4,7,15H2,1H3. The Morgan fingerprint density at radius 1 is 1.50 bits per heavy atom. The predicted octanol–water partition coefficient (Wildman–Crippen LogP) is 2.98. The van der Waals surface area contributed by atoms with Gasteiger partial charge in [0.2, 0.25) is 0 Å². The average molecular weight is 288 g/mol. The monoisotopic (exact) mass is 287 g/mol. The van der Waals surface area contributed by atoms with Gasteiger partial charge in [0, 0.05) is 23.6 Å². The van der Waals surface area contributed by atoms with E-state index >= 15 is 0 Å². The SMILES string of the molecule is COc1cc(F)c(Br)cc1C1(CN)CCC1. The smallest absolute Gasteiger partial charge is 0.141 e. The van der Waals surface area contributed by atoms with Gasteiger partial charge in [-0.05, 0) is 34.8 Å². The third-order valence-corrected chi connectivity index (χ3v) is 4.12. The molecule has 0 radical (unpaired) electrons. The fourth-order valence-electron chi connectivity index (χ4n) is 2.30. The van der Waals surface area contributed by atoms with Crippen LogP contribution in [0.4, 0.5) is 4.39 Å². The Morgan fingerprint density at radius 3 is 2.62 bits per heavy atom. The minimum Gasteiger partial charge on any atom is -0.496 e. The van der Waals surface area contributed by atoms with Gasteiger partial charge in [0.1, 0.15) is 11.6 Å². The van der Waals surface area contributed by atoms with Gasteiger partial charge in [-0.1, -0.05) is 6.42 Å². The van der Waals surface area contributed by atoms with E-state index in [4.69, 9.17) is 10.5 Å². The minimum absolute atomic E-state index is 0.0123. The highest BCUT2D eigenvalue weighted by Crippen LogP contribution is 2.47. The molecule has 0 aromatic heterocycles. The van der Waals surface area contributed by atoms with Crippen LogP contribution >= 0.6 is 15.9 Å². The maximum absolute atomic E-state index is 13.4. The molecular weight excluding hydrogens is 273 g/mol. The second kappa shape index (κ2) is 4.34. The van der Waals surface area contributed by atoms with E-state index in [-0.39, 0.29) is 11.2 Å². The molecule has 1 aromatic rings. The zero-order chi connectivity index (χ0) is 11.8. The van der Waals surface area contributed by atoms with Crippen LogP contribution < -0.4 is 10.5 Å². The number of hydrogen-bond donors (Lipinski definition) is 1. The fraction of sp³-hybridized carbons (Fsp3) is 0.500. The summed E-state index contributed by atoms with van der Waals surface area (Å²) in [7, 11) is 1.56. The van der Waals surface area contributed by atoms with Crippen molar-refractivity contribution in [2.75, 3.05) is 13.7 Å². The molecule has 1 aromatic carbocycles. The van der Waals surface area contributed by atoms with Crippen LogP contribution in [-0.4, -0.2) is 13.7 Å². The quantitative estimate of drug-likeness (QED) is 0.928. The molecule has 2 rings (SSSR count). The third kappa shape index (κ3) is 1.74. The maximum Gasteiger partial charge on any atom is 0.141 e. The molecule has 0 unspecified atom stereocenters. The first-order chi connectivity index (χ1) is 7.63. The highest BCUT2D eigenvalue weighted by atomic mass is 79.9. The molecule has 0 aliphatic heterocycles. The van der Waals surface area contributed by atoms with Gasteiger partial charge >= 0.3 is 0 Å². The Balaban J connectivity index is 2.50. The number of ether oxygens (including phenoxy) is 1. The molecule has 2 N–H and O–H groups in total. The van der Waals surface area contributed by atoms with Crippen molar-refractivity contribution in [3.8, 4) is 5.75 Å². The van der Waals surface area contributed by atoms with Crippen molar-refractivity contribution in [1.29, 1.82) is 0 Å². The predicted molar refractivity (Wildman–Crippen MR) is 65.2 cm³/mol. The van der Waals surface area contributed by atoms with Gasteiger partial charge < -0.3 is 10.5 Å². The molecule has 1 aliphatic carbocycles. The zero-order valence-corrected chi connectivity index (χ0v) is 10.8. The first-order valence-corrected chi connectivity index (χ1v) is 6.16. The van der Waals surface area contributed by atoms with Crippen LogP contribution in [0.25, 0.3) is 0 Å². The molecule has 0 heterocycles. The Kier molecular flexibility index (Phi) is 3.22. The van der Waals surface area contributed by atoms with Crippen LogP contribution in [0, 0.1) is 5.82 Å². The van der Waals surface area contributed by atoms with E-state index in [1.807, 2.05) is 0 Å². The summed E-state index contributed by atoms with van der Waals surface area (Å²) in [6, 6.07) is 3.23. The molecule has 88 valence electrons. The molecule has 0 atom stereocenters. The Hall–Kier alpha value is -0.610. The van der Waals surface area contributed by atoms with Crippen molar-refractivity contribution in [1.82, 2.24) is 0 Å². The summed E-state index contributed by atoms with van der Waals surface area (Å²) in [4.78, 5) is 0. The highest BCUT2D eigenvalue weighted by molar-refractivity contribution is 9.10. The molecule has 0 amide bonds. The van der Waals surface area contributed by atoms with Crippen molar-refractivity contribution < 1.29 is 9.13 Å². The van der Waals surface area contributed by atoms with E-state index in [1.165, 1.54) is 12.5 Å². The van der Waals surface area contributed by atoms with Crippen molar-refractivity contribution in [2.45, 2.75) is 24.7 Å². The fourth-order valence-corrected chi connectivity index (χ4v) is 2.64. The summed E-state index contributed by atoms with van der Waals surface area (Å²) < 4.78 is 19.1. The number of rotatable bonds is 3. The van der Waals surface area contributed by atoms with Gasteiger partial charge in [0.05, 0.1) is 11.6 Å². The van der Waals surface area contributed by atoms with E-state index in [0.29, 0.717) is 16.8 Å². The largest absolute Gasteiger partial charge is 0.496 e. The van der Waals surface area contributed by atoms with Gasteiger partial charge in [-0.15, -0.1) is 0 Å². The third-order valence-electron chi connectivity index (χ3n) is 3.52. The van der Waals surface area contributed by atoms with E-state index < -0.39 is 0 Å². The number of hydrogen-bond acceptors (Lipinski definition) is 2. The van der Waals surface area contributed by atoms with Crippen LogP contribution in [0.3, 0.4) is 0 Å². The van der Waals surface area contributed by atoms with E-state index in [2.05, 4.69) is 15.9 Å². The number of methoxy groups -OCH3 is 1. The summed E-state index contributed by atoms with van der Waals surface area (Å²) in [6.07, 6.45) is 3.28. The number of nitrogens with two attached hydrogens (primary N) is 1. The molecule has 1 aliphatic rings. The Morgan fingerprint density at radius 2 is 2.19 bits per heavy atom. The number of halogens is 2. The van der Waals surface area contributed by atoms with Crippen LogP contribution in [-0.2, 0) is 5.41 Å².